The van der Waals surface area contributed by atoms with Crippen LogP contribution in [0.2, 0.25) is 0 Å². The van der Waals surface area contributed by atoms with Gasteiger partial charge in [-0.05, 0) is 30.3 Å². The van der Waals surface area contributed by atoms with E-state index < -0.39 is 9.84 Å². The van der Waals surface area contributed by atoms with Crippen LogP contribution in [-0.4, -0.2) is 40.3 Å². The molecule has 2 aromatic rings. The minimum atomic E-state index is -3.78. The van der Waals surface area contributed by atoms with Crippen LogP contribution in [-0.2, 0) is 14.6 Å². The maximum absolute atomic E-state index is 12.9. The third-order valence-electron chi connectivity index (χ3n) is 3.76. The highest BCUT2D eigenvalue weighted by molar-refractivity contribution is 7.91. The maximum atomic E-state index is 12.9. The van der Waals surface area contributed by atoms with Gasteiger partial charge in [-0.2, -0.15) is 0 Å². The second kappa shape index (κ2) is 6.18. The van der Waals surface area contributed by atoms with Crippen molar-refractivity contribution in [1.82, 2.24) is 0 Å². The van der Waals surface area contributed by atoms with Gasteiger partial charge in [-0.1, -0.05) is 12.1 Å². The van der Waals surface area contributed by atoms with E-state index in [2.05, 4.69) is 4.99 Å². The molecule has 0 spiro atoms. The van der Waals surface area contributed by atoms with Crippen LogP contribution in [0.3, 0.4) is 0 Å². The first-order valence-corrected chi connectivity index (χ1v) is 8.80. The van der Waals surface area contributed by atoms with Gasteiger partial charge in [0.2, 0.25) is 15.7 Å². The molecule has 0 bridgehead atoms. The first-order chi connectivity index (χ1) is 11.5. The highest BCUT2D eigenvalue weighted by Crippen LogP contribution is 2.34. The standard InChI is InChI=1S/C17H16N2O4S/c1-23-17(19-9-8-18)11-6-7-13-15(10-11)24(21,22)14-5-3-2-4-12(14)16(13)20/h2-7,10H,8-9,18H2,1H3. The van der Waals surface area contributed by atoms with Crippen molar-refractivity contribution in [2.75, 3.05) is 20.2 Å². The average molecular weight is 344 g/mol. The molecule has 0 aromatic heterocycles. The summed E-state index contributed by atoms with van der Waals surface area (Å²) in [5.41, 5.74) is 6.27. The van der Waals surface area contributed by atoms with Crippen molar-refractivity contribution < 1.29 is 17.9 Å². The lowest BCUT2D eigenvalue weighted by Gasteiger charge is -2.19. The number of fused-ring (bicyclic) bond motifs is 2. The minimum Gasteiger partial charge on any atom is -0.481 e. The number of hydrogen-bond acceptors (Lipinski definition) is 6. The number of benzene rings is 2. The zero-order chi connectivity index (χ0) is 17.3. The lowest BCUT2D eigenvalue weighted by atomic mass is 10.0. The lowest BCUT2D eigenvalue weighted by Crippen LogP contribution is -2.21. The second-order valence-corrected chi connectivity index (χ2v) is 7.11. The summed E-state index contributed by atoms with van der Waals surface area (Å²) in [7, 11) is -2.33. The van der Waals surface area contributed by atoms with Crippen molar-refractivity contribution in [3.05, 3.63) is 59.2 Å². The van der Waals surface area contributed by atoms with Crippen LogP contribution in [0.15, 0.2) is 57.2 Å². The van der Waals surface area contributed by atoms with Crippen LogP contribution in [0.25, 0.3) is 0 Å². The molecule has 0 fully saturated rings. The normalized spacial score (nSPS) is 15.6. The molecule has 1 aliphatic heterocycles. The summed E-state index contributed by atoms with van der Waals surface area (Å²) in [5.74, 6) is -0.0235. The van der Waals surface area contributed by atoms with Crippen LogP contribution in [0, 0.1) is 0 Å². The van der Waals surface area contributed by atoms with Gasteiger partial charge in [-0.3, -0.25) is 4.79 Å². The summed E-state index contributed by atoms with van der Waals surface area (Å²) in [5, 5.41) is 0. The first-order valence-electron chi connectivity index (χ1n) is 7.32. The fourth-order valence-electron chi connectivity index (χ4n) is 2.66. The van der Waals surface area contributed by atoms with Crippen LogP contribution in [0.1, 0.15) is 21.5 Å². The lowest BCUT2D eigenvalue weighted by molar-refractivity contribution is 0.103. The molecule has 0 atom stereocenters. The molecule has 0 aliphatic carbocycles. The molecule has 24 heavy (non-hydrogen) atoms. The molecule has 1 aliphatic rings. The number of aliphatic imine (C=N–C) groups is 1. The summed E-state index contributed by atoms with van der Waals surface area (Å²) in [6.45, 7) is 0.705. The smallest absolute Gasteiger partial charge is 0.215 e. The number of methoxy groups -OCH3 is 1. The van der Waals surface area contributed by atoms with E-state index >= 15 is 0 Å². The van der Waals surface area contributed by atoms with Gasteiger partial charge >= 0.3 is 0 Å². The molecule has 7 heteroatoms. The molecule has 3 rings (SSSR count). The van der Waals surface area contributed by atoms with Gasteiger partial charge in [0, 0.05) is 23.2 Å². The quantitative estimate of drug-likeness (QED) is 0.572. The summed E-state index contributed by atoms with van der Waals surface area (Å²) < 4.78 is 30.9. The van der Waals surface area contributed by atoms with Gasteiger partial charge in [-0.25, -0.2) is 13.4 Å². The molecular weight excluding hydrogens is 328 g/mol. The minimum absolute atomic E-state index is 0.0255. The van der Waals surface area contributed by atoms with Crippen LogP contribution in [0.4, 0.5) is 0 Å². The fraction of sp³-hybridized carbons (Fsp3) is 0.176. The fourth-order valence-corrected chi connectivity index (χ4v) is 4.33. The Hall–Kier alpha value is -2.51. The van der Waals surface area contributed by atoms with Crippen molar-refractivity contribution >= 4 is 21.5 Å². The van der Waals surface area contributed by atoms with Gasteiger partial charge in [0.15, 0.2) is 5.78 Å². The van der Waals surface area contributed by atoms with Crippen LogP contribution < -0.4 is 5.73 Å². The zero-order valence-corrected chi connectivity index (χ0v) is 13.8. The van der Waals surface area contributed by atoms with Crippen molar-refractivity contribution in [1.29, 1.82) is 0 Å². The Morgan fingerprint density at radius 3 is 2.54 bits per heavy atom. The van der Waals surface area contributed by atoms with Gasteiger partial charge in [0.1, 0.15) is 0 Å². The number of ether oxygens (including phenoxy) is 1. The molecule has 0 unspecified atom stereocenters. The molecule has 2 aromatic carbocycles. The molecule has 0 saturated carbocycles. The summed E-state index contributed by atoms with van der Waals surface area (Å²) in [6.07, 6.45) is 0. The first kappa shape index (κ1) is 16.4. The summed E-state index contributed by atoms with van der Waals surface area (Å²) in [6, 6.07) is 10.8. The molecular formula is C17H16N2O4S. The van der Waals surface area contributed by atoms with E-state index in [4.69, 9.17) is 10.5 Å². The Morgan fingerprint density at radius 2 is 1.83 bits per heavy atom. The van der Waals surface area contributed by atoms with Crippen molar-refractivity contribution in [3.63, 3.8) is 0 Å². The molecule has 6 nitrogen and oxygen atoms in total. The average Bonchev–Trinajstić information content (AvgIpc) is 2.61. The Kier molecular flexibility index (Phi) is 4.21. The molecule has 2 N–H and O–H groups in total. The van der Waals surface area contributed by atoms with Crippen LogP contribution >= 0.6 is 0 Å². The van der Waals surface area contributed by atoms with Crippen molar-refractivity contribution in [3.8, 4) is 0 Å². The number of nitrogens with zero attached hydrogens (tertiary/aromatic N) is 1. The van der Waals surface area contributed by atoms with Crippen molar-refractivity contribution in [2.45, 2.75) is 9.79 Å². The van der Waals surface area contributed by atoms with Crippen molar-refractivity contribution in [2.24, 2.45) is 10.7 Å². The summed E-state index contributed by atoms with van der Waals surface area (Å²) in [4.78, 5) is 16.8. The number of hydrogen-bond donors (Lipinski definition) is 1. The monoisotopic (exact) mass is 344 g/mol. The van der Waals surface area contributed by atoms with E-state index in [0.717, 1.165) is 0 Å². The third-order valence-corrected chi connectivity index (χ3v) is 5.61. The molecule has 0 amide bonds. The van der Waals surface area contributed by atoms with Gasteiger partial charge in [-0.15, -0.1) is 0 Å². The molecule has 0 radical (unpaired) electrons. The largest absolute Gasteiger partial charge is 0.481 e. The number of nitrogens with two attached hydrogens (primary N) is 1. The van der Waals surface area contributed by atoms with Crippen LogP contribution in [0.5, 0.6) is 0 Å². The predicted molar refractivity (Wildman–Crippen MR) is 89.2 cm³/mol. The van der Waals surface area contributed by atoms with E-state index in [1.807, 2.05) is 0 Å². The highest BCUT2D eigenvalue weighted by atomic mass is 32.2. The summed E-state index contributed by atoms with van der Waals surface area (Å²) >= 11 is 0. The third kappa shape index (κ3) is 2.51. The second-order valence-electron chi connectivity index (χ2n) is 5.22. The molecule has 124 valence electrons. The number of sulfone groups is 1. The van der Waals surface area contributed by atoms with E-state index in [-0.39, 0.29) is 32.6 Å². The predicted octanol–water partition coefficient (Wildman–Crippen LogP) is 1.42. The highest BCUT2D eigenvalue weighted by Gasteiger charge is 2.34. The maximum Gasteiger partial charge on any atom is 0.215 e. The zero-order valence-electron chi connectivity index (χ0n) is 13.0. The number of ketones is 1. The van der Waals surface area contributed by atoms with E-state index in [1.165, 1.54) is 31.4 Å². The Morgan fingerprint density at radius 1 is 1.12 bits per heavy atom. The topological polar surface area (TPSA) is 98.8 Å². The van der Waals surface area contributed by atoms with E-state index in [1.54, 1.807) is 18.2 Å². The molecule has 0 saturated heterocycles. The molecule has 1 heterocycles. The Balaban J connectivity index is 2.20. The van der Waals surface area contributed by atoms with Gasteiger partial charge < -0.3 is 10.5 Å². The SMILES string of the molecule is COC(=NCCN)c1ccc2c(c1)S(=O)(=O)c1ccccc1C2=O. The number of carbonyl (C=O) groups is 1. The number of rotatable bonds is 3. The Bertz CT molecular complexity index is 949. The van der Waals surface area contributed by atoms with E-state index in [0.29, 0.717) is 18.7 Å². The van der Waals surface area contributed by atoms with E-state index in [9.17, 15) is 13.2 Å². The number of carbonyl (C=O) groups excluding carboxylic acids is 1. The Labute approximate surface area is 139 Å². The van der Waals surface area contributed by atoms with Gasteiger partial charge in [0.25, 0.3) is 0 Å². The van der Waals surface area contributed by atoms with Gasteiger partial charge in [0.05, 0.1) is 23.4 Å².